The molecule has 5 heteroatoms. The van der Waals surface area contributed by atoms with E-state index in [2.05, 4.69) is 30.9 Å². The summed E-state index contributed by atoms with van der Waals surface area (Å²) in [5.74, 6) is 0.509. The van der Waals surface area contributed by atoms with Gasteiger partial charge in [0.05, 0.1) is 5.56 Å². The normalized spacial score (nSPS) is 24.0. The van der Waals surface area contributed by atoms with E-state index >= 15 is 0 Å². The van der Waals surface area contributed by atoms with Crippen LogP contribution in [0.25, 0.3) is 0 Å². The van der Waals surface area contributed by atoms with Gasteiger partial charge in [-0.3, -0.25) is 0 Å². The number of carboxylic acid groups (broad SMARTS) is 1. The molecule has 144 valence electrons. The average Bonchev–Trinajstić information content (AvgIpc) is 2.94. The van der Waals surface area contributed by atoms with Gasteiger partial charge in [0.2, 0.25) is 0 Å². The number of hydrogen-bond acceptors (Lipinski definition) is 2. The van der Waals surface area contributed by atoms with Gasteiger partial charge in [-0.15, -0.1) is 12.4 Å². The Labute approximate surface area is 171 Å². The zero-order chi connectivity index (χ0) is 18.4. The Kier molecular flexibility index (Phi) is 5.85. The summed E-state index contributed by atoms with van der Waals surface area (Å²) in [5, 5.41) is 10.0. The molecule has 1 saturated heterocycles. The first-order chi connectivity index (χ1) is 12.5. The van der Waals surface area contributed by atoms with Crippen molar-refractivity contribution in [2.75, 3.05) is 19.6 Å². The van der Waals surface area contributed by atoms with Crippen LogP contribution in [0.4, 0.5) is 0 Å². The number of fused-ring (bicyclic) bond motifs is 3. The molecule has 1 aliphatic heterocycles. The second kappa shape index (κ2) is 7.83. The van der Waals surface area contributed by atoms with Crippen molar-refractivity contribution in [2.24, 2.45) is 5.92 Å². The number of halogens is 2. The maximum absolute atomic E-state index is 11.2. The molecule has 2 aromatic carbocycles. The van der Waals surface area contributed by atoms with Crippen LogP contribution in [0.3, 0.4) is 0 Å². The lowest BCUT2D eigenvalue weighted by Gasteiger charge is -2.37. The highest BCUT2D eigenvalue weighted by Crippen LogP contribution is 2.54. The predicted octanol–water partition coefficient (Wildman–Crippen LogP) is 5.34. The van der Waals surface area contributed by atoms with Gasteiger partial charge in [0, 0.05) is 23.4 Å². The summed E-state index contributed by atoms with van der Waals surface area (Å²) in [5.41, 5.74) is 5.44. The highest BCUT2D eigenvalue weighted by atomic mass is 35.5. The molecule has 0 radical (unpaired) electrons. The number of carboxylic acids is 1. The van der Waals surface area contributed by atoms with E-state index in [0.717, 1.165) is 36.6 Å². The van der Waals surface area contributed by atoms with E-state index in [4.69, 9.17) is 11.6 Å². The highest BCUT2D eigenvalue weighted by Gasteiger charge is 2.44. The van der Waals surface area contributed by atoms with Gasteiger partial charge in [0.15, 0.2) is 0 Å². The minimum absolute atomic E-state index is 0. The zero-order valence-corrected chi connectivity index (χ0v) is 17.2. The van der Waals surface area contributed by atoms with Crippen molar-refractivity contribution >= 4 is 30.0 Å². The first-order valence-corrected chi connectivity index (χ1v) is 9.73. The second-order valence-electron chi connectivity index (χ2n) is 7.59. The maximum atomic E-state index is 11.2. The number of hydrogen-bond donors (Lipinski definition) is 1. The summed E-state index contributed by atoms with van der Waals surface area (Å²) < 4.78 is 0. The molecule has 0 saturated carbocycles. The van der Waals surface area contributed by atoms with E-state index in [-0.39, 0.29) is 12.4 Å². The molecule has 0 spiro atoms. The summed E-state index contributed by atoms with van der Waals surface area (Å²) in [6, 6.07) is 11.9. The third kappa shape index (κ3) is 3.49. The van der Waals surface area contributed by atoms with Gasteiger partial charge in [-0.05, 0) is 72.8 Å². The molecule has 0 bridgehead atoms. The molecular formula is C22H25Cl2NO2. The Hall–Kier alpha value is -1.55. The Morgan fingerprint density at radius 2 is 1.93 bits per heavy atom. The van der Waals surface area contributed by atoms with Gasteiger partial charge in [0.1, 0.15) is 0 Å². The van der Waals surface area contributed by atoms with Crippen molar-refractivity contribution in [3.63, 3.8) is 0 Å². The van der Waals surface area contributed by atoms with Crippen LogP contribution in [-0.4, -0.2) is 35.6 Å². The van der Waals surface area contributed by atoms with Gasteiger partial charge in [-0.1, -0.05) is 36.7 Å². The monoisotopic (exact) mass is 405 g/mol. The summed E-state index contributed by atoms with van der Waals surface area (Å²) in [6.45, 7) is 7.57. The van der Waals surface area contributed by atoms with Crippen molar-refractivity contribution in [2.45, 2.75) is 32.1 Å². The second-order valence-corrected chi connectivity index (χ2v) is 7.99. The quantitative estimate of drug-likeness (QED) is 0.748. The SMILES string of the molecule is CCN1CC[C@H]2[C@H](c3ccc(C(=O)O)cc3)c3cc(C)c(Cl)cc3[C@H]2C1.Cl. The lowest BCUT2D eigenvalue weighted by atomic mass is 9.78. The van der Waals surface area contributed by atoms with E-state index in [0.29, 0.717) is 23.3 Å². The molecular weight excluding hydrogens is 381 g/mol. The number of rotatable bonds is 3. The Morgan fingerprint density at radius 1 is 1.22 bits per heavy atom. The number of piperidine rings is 1. The Morgan fingerprint density at radius 3 is 2.56 bits per heavy atom. The molecule has 4 rings (SSSR count). The largest absolute Gasteiger partial charge is 0.478 e. The Bertz CT molecular complexity index is 850. The number of likely N-dealkylation sites (tertiary alicyclic amines) is 1. The summed E-state index contributed by atoms with van der Waals surface area (Å²) in [4.78, 5) is 13.7. The van der Waals surface area contributed by atoms with Crippen LogP contribution in [0.2, 0.25) is 5.02 Å². The standard InChI is InChI=1S/C22H24ClNO2.ClH/c1-3-24-9-8-16-19(12-24)17-11-20(23)13(2)10-18(17)21(16)14-4-6-15(7-5-14)22(25)26;/h4-7,10-11,16,19,21H,3,8-9,12H2,1-2H3,(H,25,26);1H/t16-,19+,21+;/m1./s1. The fourth-order valence-electron chi connectivity index (χ4n) is 4.85. The van der Waals surface area contributed by atoms with Gasteiger partial charge < -0.3 is 10.0 Å². The van der Waals surface area contributed by atoms with Gasteiger partial charge in [-0.25, -0.2) is 4.79 Å². The van der Waals surface area contributed by atoms with Gasteiger partial charge in [-0.2, -0.15) is 0 Å². The van der Waals surface area contributed by atoms with Crippen molar-refractivity contribution < 1.29 is 9.90 Å². The molecule has 1 aliphatic carbocycles. The molecule has 27 heavy (non-hydrogen) atoms. The summed E-state index contributed by atoms with van der Waals surface area (Å²) in [6.07, 6.45) is 1.16. The number of benzene rings is 2. The maximum Gasteiger partial charge on any atom is 0.335 e. The fourth-order valence-corrected chi connectivity index (χ4v) is 5.03. The van der Waals surface area contributed by atoms with E-state index in [1.54, 1.807) is 12.1 Å². The Balaban J connectivity index is 0.00000210. The van der Waals surface area contributed by atoms with E-state index < -0.39 is 5.97 Å². The van der Waals surface area contributed by atoms with Crippen LogP contribution >= 0.6 is 24.0 Å². The molecule has 3 nitrogen and oxygen atoms in total. The zero-order valence-electron chi connectivity index (χ0n) is 15.6. The minimum Gasteiger partial charge on any atom is -0.478 e. The van der Waals surface area contributed by atoms with Crippen LogP contribution in [-0.2, 0) is 0 Å². The molecule has 1 heterocycles. The molecule has 2 aliphatic rings. The van der Waals surface area contributed by atoms with Crippen LogP contribution in [0.1, 0.15) is 57.8 Å². The number of carbonyl (C=O) groups is 1. The average molecular weight is 406 g/mol. The van der Waals surface area contributed by atoms with Crippen LogP contribution in [0, 0.1) is 12.8 Å². The van der Waals surface area contributed by atoms with Crippen molar-refractivity contribution in [3.05, 3.63) is 69.2 Å². The van der Waals surface area contributed by atoms with Crippen molar-refractivity contribution in [1.29, 1.82) is 0 Å². The van der Waals surface area contributed by atoms with Crippen LogP contribution in [0.5, 0.6) is 0 Å². The smallest absolute Gasteiger partial charge is 0.335 e. The summed E-state index contributed by atoms with van der Waals surface area (Å²) in [7, 11) is 0. The number of likely N-dealkylation sites (N-methyl/N-ethyl adjacent to an activating group) is 1. The third-order valence-corrected chi connectivity index (χ3v) is 6.65. The predicted molar refractivity (Wildman–Crippen MR) is 112 cm³/mol. The van der Waals surface area contributed by atoms with Gasteiger partial charge in [0.25, 0.3) is 0 Å². The van der Waals surface area contributed by atoms with Crippen molar-refractivity contribution in [3.8, 4) is 0 Å². The minimum atomic E-state index is -0.875. The first kappa shape index (κ1) is 20.2. The van der Waals surface area contributed by atoms with Gasteiger partial charge >= 0.3 is 5.97 Å². The van der Waals surface area contributed by atoms with E-state index in [1.165, 1.54) is 16.7 Å². The third-order valence-electron chi connectivity index (χ3n) is 6.24. The molecule has 3 atom stereocenters. The van der Waals surface area contributed by atoms with Crippen LogP contribution < -0.4 is 0 Å². The molecule has 0 amide bonds. The van der Waals surface area contributed by atoms with E-state index in [1.807, 2.05) is 12.1 Å². The molecule has 1 N–H and O–H groups in total. The van der Waals surface area contributed by atoms with Crippen LogP contribution in [0.15, 0.2) is 36.4 Å². The van der Waals surface area contributed by atoms with Crippen molar-refractivity contribution in [1.82, 2.24) is 4.90 Å². The number of nitrogens with zero attached hydrogens (tertiary/aromatic N) is 1. The van der Waals surface area contributed by atoms with E-state index in [9.17, 15) is 9.90 Å². The summed E-state index contributed by atoms with van der Waals surface area (Å²) >= 11 is 6.46. The lowest BCUT2D eigenvalue weighted by molar-refractivity contribution is 0.0697. The lowest BCUT2D eigenvalue weighted by Crippen LogP contribution is -2.38. The fraction of sp³-hybridized carbons (Fsp3) is 0.409. The molecule has 0 aromatic heterocycles. The number of aromatic carboxylic acids is 1. The highest BCUT2D eigenvalue weighted by molar-refractivity contribution is 6.31. The molecule has 0 unspecified atom stereocenters. The molecule has 2 aromatic rings. The molecule has 1 fully saturated rings. The topological polar surface area (TPSA) is 40.5 Å². The first-order valence-electron chi connectivity index (χ1n) is 9.35. The number of aryl methyl sites for hydroxylation is 1.